The van der Waals surface area contributed by atoms with Gasteiger partial charge >= 0.3 is 0 Å². The fraction of sp³-hybridized carbons (Fsp3) is 0.100. The monoisotopic (exact) mass is 422 g/mol. The molecule has 1 N–H and O–H groups in total. The van der Waals surface area contributed by atoms with Gasteiger partial charge in [0.2, 0.25) is 0 Å². The van der Waals surface area contributed by atoms with E-state index in [1.54, 1.807) is 12.1 Å². The number of benzene rings is 3. The van der Waals surface area contributed by atoms with Gasteiger partial charge in [-0.25, -0.2) is 17.2 Å². The summed E-state index contributed by atoms with van der Waals surface area (Å²) in [4.78, 5) is 1.80. The van der Waals surface area contributed by atoms with E-state index >= 15 is 0 Å². The van der Waals surface area contributed by atoms with E-state index in [9.17, 15) is 17.2 Å². The van der Waals surface area contributed by atoms with Crippen molar-refractivity contribution in [2.75, 3.05) is 23.7 Å². The zero-order valence-electron chi connectivity index (χ0n) is 15.1. The van der Waals surface area contributed by atoms with Gasteiger partial charge in [-0.2, -0.15) is 0 Å². The third-order valence-electron chi connectivity index (χ3n) is 4.11. The first-order chi connectivity index (χ1) is 13.2. The molecule has 0 atom stereocenters. The molecule has 0 amide bonds. The van der Waals surface area contributed by atoms with Crippen LogP contribution in [-0.4, -0.2) is 22.5 Å². The molecule has 28 heavy (non-hydrogen) atoms. The molecule has 8 heteroatoms. The second-order valence-corrected chi connectivity index (χ2v) is 8.38. The lowest BCUT2D eigenvalue weighted by Gasteiger charge is -2.16. The Bertz CT molecular complexity index is 1120. The van der Waals surface area contributed by atoms with Gasteiger partial charge in [-0.05, 0) is 42.0 Å². The van der Waals surface area contributed by atoms with Crippen LogP contribution in [0.2, 0.25) is 5.02 Å². The van der Waals surface area contributed by atoms with Crippen molar-refractivity contribution in [1.29, 1.82) is 0 Å². The molecule has 0 aliphatic rings. The SMILES string of the molecule is CN(C)c1ccc(NS(=O)(=O)c2ccc(-c3cccc(F)c3F)cc2)cc1Cl. The molecule has 3 rings (SSSR count). The topological polar surface area (TPSA) is 49.4 Å². The quantitative estimate of drug-likeness (QED) is 0.618. The summed E-state index contributed by atoms with van der Waals surface area (Å²) >= 11 is 6.17. The number of rotatable bonds is 5. The highest BCUT2D eigenvalue weighted by molar-refractivity contribution is 7.92. The Morgan fingerprint density at radius 2 is 1.64 bits per heavy atom. The second-order valence-electron chi connectivity index (χ2n) is 6.29. The van der Waals surface area contributed by atoms with Crippen LogP contribution >= 0.6 is 11.6 Å². The van der Waals surface area contributed by atoms with Gasteiger partial charge in [-0.15, -0.1) is 0 Å². The summed E-state index contributed by atoms with van der Waals surface area (Å²) in [7, 11) is -0.216. The lowest BCUT2D eigenvalue weighted by molar-refractivity contribution is 0.511. The van der Waals surface area contributed by atoms with E-state index < -0.39 is 21.7 Å². The van der Waals surface area contributed by atoms with E-state index in [1.165, 1.54) is 42.5 Å². The van der Waals surface area contributed by atoms with Crippen LogP contribution in [0.4, 0.5) is 20.2 Å². The third-order valence-corrected chi connectivity index (χ3v) is 5.81. The summed E-state index contributed by atoms with van der Waals surface area (Å²) in [6.07, 6.45) is 0. The van der Waals surface area contributed by atoms with E-state index in [-0.39, 0.29) is 10.5 Å². The Kier molecular flexibility index (Phi) is 5.58. The van der Waals surface area contributed by atoms with Crippen LogP contribution in [0.5, 0.6) is 0 Å². The molecule has 146 valence electrons. The summed E-state index contributed by atoms with van der Waals surface area (Å²) in [6, 6.07) is 14.2. The average molecular weight is 423 g/mol. The first kappa shape index (κ1) is 20.1. The number of sulfonamides is 1. The maximum atomic E-state index is 13.9. The number of nitrogens with one attached hydrogen (secondary N) is 1. The molecular formula is C20H17ClF2N2O2S. The number of halogens is 3. The van der Waals surface area contributed by atoms with Gasteiger partial charge in [0, 0.05) is 19.7 Å². The molecule has 0 heterocycles. The molecule has 0 aliphatic heterocycles. The molecule has 0 fully saturated rings. The second kappa shape index (κ2) is 7.77. The van der Waals surface area contributed by atoms with Crippen molar-refractivity contribution >= 4 is 33.0 Å². The van der Waals surface area contributed by atoms with E-state index in [2.05, 4.69) is 4.72 Å². The van der Waals surface area contributed by atoms with Gasteiger partial charge in [-0.3, -0.25) is 4.72 Å². The smallest absolute Gasteiger partial charge is 0.261 e. The average Bonchev–Trinajstić information content (AvgIpc) is 2.63. The van der Waals surface area contributed by atoms with Gasteiger partial charge < -0.3 is 4.90 Å². The molecule has 0 spiro atoms. The van der Waals surface area contributed by atoms with Crippen molar-refractivity contribution in [2.45, 2.75) is 4.90 Å². The van der Waals surface area contributed by atoms with E-state index in [0.29, 0.717) is 16.3 Å². The number of hydrogen-bond acceptors (Lipinski definition) is 3. The van der Waals surface area contributed by atoms with Crippen molar-refractivity contribution in [2.24, 2.45) is 0 Å². The first-order valence-corrected chi connectivity index (χ1v) is 10.1. The van der Waals surface area contributed by atoms with E-state index in [4.69, 9.17) is 11.6 Å². The fourth-order valence-corrected chi connectivity index (χ4v) is 4.09. The van der Waals surface area contributed by atoms with E-state index in [1.807, 2.05) is 19.0 Å². The first-order valence-electron chi connectivity index (χ1n) is 8.23. The highest BCUT2D eigenvalue weighted by atomic mass is 35.5. The number of nitrogens with zero attached hydrogens (tertiary/aromatic N) is 1. The van der Waals surface area contributed by atoms with Crippen molar-refractivity contribution in [3.63, 3.8) is 0 Å². The van der Waals surface area contributed by atoms with Crippen LogP contribution in [0.1, 0.15) is 0 Å². The molecule has 0 aromatic heterocycles. The largest absolute Gasteiger partial charge is 0.376 e. The minimum absolute atomic E-state index is 0.0131. The van der Waals surface area contributed by atoms with Crippen molar-refractivity contribution in [3.8, 4) is 11.1 Å². The lowest BCUT2D eigenvalue weighted by Crippen LogP contribution is -2.13. The van der Waals surface area contributed by atoms with Crippen LogP contribution in [0.15, 0.2) is 65.6 Å². The standard InChI is InChI=1S/C20H17ClF2N2O2S/c1-25(2)19-11-8-14(12-17(19)21)24-28(26,27)15-9-6-13(7-10-15)16-4-3-5-18(22)20(16)23/h3-12,24H,1-2H3. The third kappa shape index (κ3) is 4.10. The van der Waals surface area contributed by atoms with Crippen LogP contribution < -0.4 is 9.62 Å². The number of hydrogen-bond donors (Lipinski definition) is 1. The Labute approximate surface area is 167 Å². The van der Waals surface area contributed by atoms with Gasteiger partial charge in [0.25, 0.3) is 10.0 Å². The van der Waals surface area contributed by atoms with Gasteiger partial charge in [0.15, 0.2) is 11.6 Å². The molecule has 0 aliphatic carbocycles. The lowest BCUT2D eigenvalue weighted by atomic mass is 10.1. The molecule has 0 radical (unpaired) electrons. The fourth-order valence-electron chi connectivity index (χ4n) is 2.69. The van der Waals surface area contributed by atoms with Gasteiger partial charge in [-0.1, -0.05) is 35.9 Å². The van der Waals surface area contributed by atoms with Gasteiger partial charge in [0.05, 0.1) is 21.3 Å². The van der Waals surface area contributed by atoms with Crippen LogP contribution in [0.3, 0.4) is 0 Å². The normalized spacial score (nSPS) is 11.3. The Balaban J connectivity index is 1.86. The van der Waals surface area contributed by atoms with Crippen molar-refractivity contribution < 1.29 is 17.2 Å². The van der Waals surface area contributed by atoms with Crippen LogP contribution in [-0.2, 0) is 10.0 Å². The highest BCUT2D eigenvalue weighted by Gasteiger charge is 2.16. The molecule has 0 bridgehead atoms. The zero-order chi connectivity index (χ0) is 20.5. The summed E-state index contributed by atoms with van der Waals surface area (Å²) in [5.41, 5.74) is 1.50. The van der Waals surface area contributed by atoms with Crippen LogP contribution in [0.25, 0.3) is 11.1 Å². The minimum atomic E-state index is -3.87. The predicted molar refractivity (Wildman–Crippen MR) is 108 cm³/mol. The minimum Gasteiger partial charge on any atom is -0.376 e. The van der Waals surface area contributed by atoms with Crippen molar-refractivity contribution in [1.82, 2.24) is 0 Å². The number of anilines is 2. The summed E-state index contributed by atoms with van der Waals surface area (Å²) < 4.78 is 55.0. The van der Waals surface area contributed by atoms with Crippen molar-refractivity contribution in [3.05, 3.63) is 77.3 Å². The summed E-state index contributed by atoms with van der Waals surface area (Å²) in [5.74, 6) is -1.94. The highest BCUT2D eigenvalue weighted by Crippen LogP contribution is 2.29. The molecule has 4 nitrogen and oxygen atoms in total. The maximum Gasteiger partial charge on any atom is 0.261 e. The zero-order valence-corrected chi connectivity index (χ0v) is 16.7. The Morgan fingerprint density at radius 1 is 0.964 bits per heavy atom. The predicted octanol–water partition coefficient (Wildman–Crippen LogP) is 5.15. The molecular weight excluding hydrogens is 406 g/mol. The molecule has 0 unspecified atom stereocenters. The Morgan fingerprint density at radius 3 is 2.25 bits per heavy atom. The molecule has 0 saturated carbocycles. The summed E-state index contributed by atoms with van der Waals surface area (Å²) in [6.45, 7) is 0. The van der Waals surface area contributed by atoms with Crippen LogP contribution in [0, 0.1) is 11.6 Å². The van der Waals surface area contributed by atoms with Gasteiger partial charge in [0.1, 0.15) is 0 Å². The maximum absolute atomic E-state index is 13.9. The van der Waals surface area contributed by atoms with E-state index in [0.717, 1.165) is 11.8 Å². The molecule has 3 aromatic rings. The molecule has 0 saturated heterocycles. The Hall–Kier alpha value is -2.64. The molecule has 3 aromatic carbocycles. The summed E-state index contributed by atoms with van der Waals surface area (Å²) in [5, 5.41) is 0.405.